The molecule has 0 aliphatic heterocycles. The number of aliphatic hydroxyl groups excluding tert-OH is 1. The summed E-state index contributed by atoms with van der Waals surface area (Å²) in [6.45, 7) is 1.18. The van der Waals surface area contributed by atoms with Crippen molar-refractivity contribution >= 4 is 17.5 Å². The summed E-state index contributed by atoms with van der Waals surface area (Å²) in [6.07, 6.45) is -5.48. The maximum absolute atomic E-state index is 12.5. The molecular formula is C20H21F3N2O4. The summed E-state index contributed by atoms with van der Waals surface area (Å²) in [5.41, 5.74) is 0.215. The number of halogens is 3. The monoisotopic (exact) mass is 410 g/mol. The average Bonchev–Trinajstić information content (AvgIpc) is 2.66. The number of Topliss-reactive ketones (excluding diaryl/α,β-unsaturated/α-hetero) is 1. The first-order valence-electron chi connectivity index (χ1n) is 8.67. The molecule has 2 rings (SSSR count). The van der Waals surface area contributed by atoms with E-state index in [-0.39, 0.29) is 24.7 Å². The van der Waals surface area contributed by atoms with Gasteiger partial charge in [-0.1, -0.05) is 0 Å². The second-order valence-electron chi connectivity index (χ2n) is 6.43. The van der Waals surface area contributed by atoms with Gasteiger partial charge in [0.2, 0.25) is 0 Å². The van der Waals surface area contributed by atoms with E-state index in [4.69, 9.17) is 4.74 Å². The molecule has 0 aliphatic rings. The minimum Gasteiger partial charge on any atom is -0.491 e. The molecular weight excluding hydrogens is 389 g/mol. The van der Waals surface area contributed by atoms with Gasteiger partial charge in [-0.05, 0) is 55.5 Å². The van der Waals surface area contributed by atoms with Crippen molar-refractivity contribution in [2.45, 2.75) is 19.2 Å². The first-order chi connectivity index (χ1) is 13.6. The SMILES string of the molecule is CC(=O)c1ccc(NC(=O)N(C)CC(O)COc2ccc(C(F)(F)F)cc2)cc1. The van der Waals surface area contributed by atoms with Gasteiger partial charge < -0.3 is 20.1 Å². The minimum absolute atomic E-state index is 0.0575. The van der Waals surface area contributed by atoms with Gasteiger partial charge in [0.05, 0.1) is 12.1 Å². The molecule has 0 aromatic heterocycles. The predicted molar refractivity (Wildman–Crippen MR) is 101 cm³/mol. The molecule has 0 saturated carbocycles. The fourth-order valence-electron chi connectivity index (χ4n) is 2.39. The van der Waals surface area contributed by atoms with Gasteiger partial charge in [-0.3, -0.25) is 4.79 Å². The van der Waals surface area contributed by atoms with Gasteiger partial charge in [0.25, 0.3) is 0 Å². The zero-order chi connectivity index (χ0) is 21.6. The molecule has 0 fully saturated rings. The Kier molecular flexibility index (Phi) is 7.22. The normalized spacial score (nSPS) is 12.2. The number of rotatable bonds is 7. The van der Waals surface area contributed by atoms with Gasteiger partial charge in [0.1, 0.15) is 18.5 Å². The van der Waals surface area contributed by atoms with E-state index < -0.39 is 23.9 Å². The number of carbonyl (C=O) groups excluding carboxylic acids is 2. The highest BCUT2D eigenvalue weighted by atomic mass is 19.4. The molecule has 1 atom stereocenters. The van der Waals surface area contributed by atoms with Gasteiger partial charge in [-0.2, -0.15) is 13.2 Å². The Labute approximate surface area is 165 Å². The van der Waals surface area contributed by atoms with E-state index in [0.29, 0.717) is 11.3 Å². The molecule has 0 spiro atoms. The largest absolute Gasteiger partial charge is 0.491 e. The molecule has 29 heavy (non-hydrogen) atoms. The van der Waals surface area contributed by atoms with E-state index in [9.17, 15) is 27.9 Å². The van der Waals surface area contributed by atoms with Crippen molar-refractivity contribution in [2.75, 3.05) is 25.5 Å². The molecule has 2 N–H and O–H groups in total. The summed E-state index contributed by atoms with van der Waals surface area (Å²) in [5, 5.41) is 12.6. The van der Waals surface area contributed by atoms with Crippen LogP contribution in [0.15, 0.2) is 48.5 Å². The summed E-state index contributed by atoms with van der Waals surface area (Å²) in [5.74, 6) is 0.0888. The number of hydrogen-bond donors (Lipinski definition) is 2. The lowest BCUT2D eigenvalue weighted by Crippen LogP contribution is -2.39. The number of likely N-dealkylation sites (N-methyl/N-ethyl adjacent to an activating group) is 1. The van der Waals surface area contributed by atoms with Crippen LogP contribution in [0.4, 0.5) is 23.7 Å². The quantitative estimate of drug-likeness (QED) is 0.681. The van der Waals surface area contributed by atoms with Crippen molar-refractivity contribution in [3.8, 4) is 5.75 Å². The zero-order valence-corrected chi connectivity index (χ0v) is 15.9. The molecule has 0 radical (unpaired) electrons. The van der Waals surface area contributed by atoms with Crippen LogP contribution in [0.1, 0.15) is 22.8 Å². The van der Waals surface area contributed by atoms with E-state index in [0.717, 1.165) is 24.3 Å². The summed E-state index contributed by atoms with van der Waals surface area (Å²) < 4.78 is 42.8. The van der Waals surface area contributed by atoms with Crippen LogP contribution in [-0.4, -0.2) is 48.1 Å². The summed E-state index contributed by atoms with van der Waals surface area (Å²) in [4.78, 5) is 24.6. The maximum Gasteiger partial charge on any atom is 0.416 e. The van der Waals surface area contributed by atoms with Gasteiger partial charge in [-0.25, -0.2) is 4.79 Å². The smallest absolute Gasteiger partial charge is 0.416 e. The number of carbonyl (C=O) groups is 2. The number of urea groups is 1. The number of ether oxygens (including phenoxy) is 1. The molecule has 0 bridgehead atoms. The van der Waals surface area contributed by atoms with E-state index in [1.807, 2.05) is 0 Å². The number of nitrogens with zero attached hydrogens (tertiary/aromatic N) is 1. The third-order valence-electron chi connectivity index (χ3n) is 4.00. The highest BCUT2D eigenvalue weighted by Gasteiger charge is 2.30. The van der Waals surface area contributed by atoms with Crippen LogP contribution in [0.25, 0.3) is 0 Å². The Morgan fingerprint density at radius 1 is 1.10 bits per heavy atom. The maximum atomic E-state index is 12.5. The van der Waals surface area contributed by atoms with Crippen molar-refractivity contribution in [2.24, 2.45) is 0 Å². The Morgan fingerprint density at radius 3 is 2.21 bits per heavy atom. The highest BCUT2D eigenvalue weighted by Crippen LogP contribution is 2.30. The number of amides is 2. The molecule has 0 heterocycles. The van der Waals surface area contributed by atoms with E-state index >= 15 is 0 Å². The third kappa shape index (κ3) is 6.79. The van der Waals surface area contributed by atoms with Crippen molar-refractivity contribution in [1.29, 1.82) is 0 Å². The third-order valence-corrected chi connectivity index (χ3v) is 4.00. The van der Waals surface area contributed by atoms with Crippen LogP contribution in [0.2, 0.25) is 0 Å². The number of alkyl halides is 3. The standard InChI is InChI=1S/C20H21F3N2O4/c1-13(26)14-3-7-16(8-4-14)24-19(28)25(2)11-17(27)12-29-18-9-5-15(6-10-18)20(21,22)23/h3-10,17,27H,11-12H2,1-2H3,(H,24,28). The Hall–Kier alpha value is -3.07. The fraction of sp³-hybridized carbons (Fsp3) is 0.300. The predicted octanol–water partition coefficient (Wildman–Crippen LogP) is 3.81. The van der Waals surface area contributed by atoms with Crippen LogP contribution in [0.3, 0.4) is 0 Å². The number of hydrogen-bond acceptors (Lipinski definition) is 4. The molecule has 2 aromatic rings. The summed E-state index contributed by atoms with van der Waals surface area (Å²) in [7, 11) is 1.47. The first-order valence-corrected chi connectivity index (χ1v) is 8.67. The zero-order valence-electron chi connectivity index (χ0n) is 15.9. The van der Waals surface area contributed by atoms with Gasteiger partial charge in [0, 0.05) is 18.3 Å². The van der Waals surface area contributed by atoms with E-state index in [1.165, 1.54) is 18.9 Å². The van der Waals surface area contributed by atoms with Crippen LogP contribution < -0.4 is 10.1 Å². The highest BCUT2D eigenvalue weighted by molar-refractivity contribution is 5.95. The summed E-state index contributed by atoms with van der Waals surface area (Å²) >= 11 is 0. The number of nitrogens with one attached hydrogen (secondary N) is 1. The van der Waals surface area contributed by atoms with Gasteiger partial charge >= 0.3 is 12.2 Å². The van der Waals surface area contributed by atoms with Crippen molar-refractivity contribution in [3.05, 3.63) is 59.7 Å². The van der Waals surface area contributed by atoms with Crippen LogP contribution >= 0.6 is 0 Å². The Morgan fingerprint density at radius 2 is 1.69 bits per heavy atom. The number of aliphatic hydroxyl groups is 1. The van der Waals surface area contributed by atoms with E-state index in [1.54, 1.807) is 24.3 Å². The van der Waals surface area contributed by atoms with Crippen LogP contribution in [-0.2, 0) is 6.18 Å². The average molecular weight is 410 g/mol. The lowest BCUT2D eigenvalue weighted by Gasteiger charge is -2.21. The number of ketones is 1. The molecule has 2 amide bonds. The fourth-order valence-corrected chi connectivity index (χ4v) is 2.39. The van der Waals surface area contributed by atoms with Gasteiger partial charge in [-0.15, -0.1) is 0 Å². The van der Waals surface area contributed by atoms with Gasteiger partial charge in [0.15, 0.2) is 5.78 Å². The molecule has 1 unspecified atom stereocenters. The Balaban J connectivity index is 1.81. The number of anilines is 1. The van der Waals surface area contributed by atoms with Crippen LogP contribution in [0.5, 0.6) is 5.75 Å². The molecule has 156 valence electrons. The van der Waals surface area contributed by atoms with Crippen molar-refractivity contribution in [3.63, 3.8) is 0 Å². The van der Waals surface area contributed by atoms with Crippen molar-refractivity contribution in [1.82, 2.24) is 4.90 Å². The molecule has 6 nitrogen and oxygen atoms in total. The minimum atomic E-state index is -4.43. The van der Waals surface area contributed by atoms with Crippen LogP contribution in [0, 0.1) is 0 Å². The molecule has 2 aromatic carbocycles. The second kappa shape index (κ2) is 9.42. The first kappa shape index (κ1) is 22.2. The number of benzene rings is 2. The second-order valence-corrected chi connectivity index (χ2v) is 6.43. The molecule has 0 saturated heterocycles. The topological polar surface area (TPSA) is 78.9 Å². The lowest BCUT2D eigenvalue weighted by atomic mass is 10.1. The lowest BCUT2D eigenvalue weighted by molar-refractivity contribution is -0.137. The molecule has 9 heteroatoms. The summed E-state index contributed by atoms with van der Waals surface area (Å²) in [6, 6.07) is 9.98. The molecule has 0 aliphatic carbocycles. The van der Waals surface area contributed by atoms with E-state index in [2.05, 4.69) is 5.32 Å². The Bertz CT molecular complexity index is 836. The van der Waals surface area contributed by atoms with Crippen molar-refractivity contribution < 1.29 is 32.6 Å².